The molecule has 3 atom stereocenters. The summed E-state index contributed by atoms with van der Waals surface area (Å²) in [7, 11) is 0. The molecular weight excluding hydrogens is 478 g/mol. The maximum Gasteiger partial charge on any atom is 0.308 e. The topological polar surface area (TPSA) is 72.9 Å². The molecule has 38 heavy (non-hydrogen) atoms. The summed E-state index contributed by atoms with van der Waals surface area (Å²) in [4.78, 5) is 38.1. The third-order valence-electron chi connectivity index (χ3n) is 7.83. The Morgan fingerprint density at radius 3 is 1.74 bits per heavy atom. The van der Waals surface area contributed by atoms with E-state index in [9.17, 15) is 14.4 Å². The molecule has 0 N–H and O–H groups in total. The number of ether oxygens (including phenoxy) is 2. The Morgan fingerprint density at radius 2 is 1.29 bits per heavy atom. The number of hydrogen-bond acceptors (Lipinski definition) is 5. The minimum atomic E-state index is -0.372. The number of fused-ring (bicyclic) bond motifs is 2. The number of amides is 1. The fraction of sp³-hybridized carbons (Fsp3) is 0.344. The van der Waals surface area contributed by atoms with Crippen molar-refractivity contribution in [2.45, 2.75) is 58.4 Å². The van der Waals surface area contributed by atoms with Crippen LogP contribution in [0.1, 0.15) is 69.1 Å². The minimum Gasteiger partial charge on any atom is -0.427 e. The van der Waals surface area contributed by atoms with E-state index < -0.39 is 0 Å². The molecule has 2 fully saturated rings. The third kappa shape index (κ3) is 5.35. The SMILES string of the molecule is CC(=O)Oc1ccc(C(c2ccc(OC(C)=O)cc2)c2ccccc2N(C(C)=O)C2CC3CCC2C3)cc1. The lowest BCUT2D eigenvalue weighted by atomic mass is 9.83. The first-order valence-corrected chi connectivity index (χ1v) is 13.3. The highest BCUT2D eigenvalue weighted by molar-refractivity contribution is 5.93. The second-order valence-corrected chi connectivity index (χ2v) is 10.4. The van der Waals surface area contributed by atoms with Crippen molar-refractivity contribution in [2.75, 3.05) is 4.90 Å². The Balaban J connectivity index is 1.60. The monoisotopic (exact) mass is 511 g/mol. The van der Waals surface area contributed by atoms with Gasteiger partial charge in [0.1, 0.15) is 11.5 Å². The zero-order valence-corrected chi connectivity index (χ0v) is 22.1. The number of carbonyl (C=O) groups is 3. The minimum absolute atomic E-state index is 0.0594. The van der Waals surface area contributed by atoms with Crippen molar-refractivity contribution in [1.82, 2.24) is 0 Å². The van der Waals surface area contributed by atoms with Gasteiger partial charge in [-0.15, -0.1) is 0 Å². The summed E-state index contributed by atoms with van der Waals surface area (Å²) in [6.07, 6.45) is 4.70. The van der Waals surface area contributed by atoms with Crippen LogP contribution < -0.4 is 14.4 Å². The number of benzene rings is 3. The van der Waals surface area contributed by atoms with Crippen LogP contribution in [0.3, 0.4) is 0 Å². The maximum atomic E-state index is 13.2. The second kappa shape index (κ2) is 10.8. The number of rotatable bonds is 7. The summed E-state index contributed by atoms with van der Waals surface area (Å²) < 4.78 is 10.5. The second-order valence-electron chi connectivity index (χ2n) is 10.4. The first-order valence-electron chi connectivity index (χ1n) is 13.3. The summed E-state index contributed by atoms with van der Waals surface area (Å²) in [6.45, 7) is 4.42. The molecule has 0 radical (unpaired) electrons. The molecule has 2 saturated carbocycles. The molecule has 5 rings (SSSR count). The van der Waals surface area contributed by atoms with Gasteiger partial charge in [-0.05, 0) is 78.1 Å². The molecule has 196 valence electrons. The van der Waals surface area contributed by atoms with Crippen LogP contribution in [-0.2, 0) is 14.4 Å². The number of nitrogens with zero attached hydrogens (tertiary/aromatic N) is 1. The number of esters is 2. The molecule has 0 aliphatic heterocycles. The van der Waals surface area contributed by atoms with Gasteiger partial charge >= 0.3 is 11.9 Å². The first-order chi connectivity index (χ1) is 18.3. The van der Waals surface area contributed by atoms with E-state index in [1.54, 1.807) is 31.2 Å². The maximum absolute atomic E-state index is 13.2. The number of carbonyl (C=O) groups excluding carboxylic acids is 3. The molecule has 0 spiro atoms. The lowest BCUT2D eigenvalue weighted by Crippen LogP contribution is -2.43. The molecule has 3 aromatic rings. The van der Waals surface area contributed by atoms with Gasteiger partial charge < -0.3 is 14.4 Å². The van der Waals surface area contributed by atoms with Gasteiger partial charge in [-0.1, -0.05) is 48.9 Å². The summed E-state index contributed by atoms with van der Waals surface area (Å²) in [5, 5.41) is 0. The van der Waals surface area contributed by atoms with Gasteiger partial charge in [0.25, 0.3) is 0 Å². The average molecular weight is 512 g/mol. The van der Waals surface area contributed by atoms with E-state index in [4.69, 9.17) is 9.47 Å². The van der Waals surface area contributed by atoms with E-state index in [0.717, 1.165) is 28.8 Å². The molecule has 2 bridgehead atoms. The van der Waals surface area contributed by atoms with Crippen LogP contribution in [0.15, 0.2) is 72.8 Å². The Morgan fingerprint density at radius 1 is 0.737 bits per heavy atom. The molecule has 0 saturated heterocycles. The molecule has 6 heteroatoms. The van der Waals surface area contributed by atoms with Gasteiger partial charge in [0.05, 0.1) is 0 Å². The molecule has 0 aromatic heterocycles. The lowest BCUT2D eigenvalue weighted by Gasteiger charge is -2.36. The molecule has 2 aliphatic rings. The molecule has 2 aliphatic carbocycles. The van der Waals surface area contributed by atoms with E-state index in [2.05, 4.69) is 12.1 Å². The first kappa shape index (κ1) is 25.7. The lowest BCUT2D eigenvalue weighted by molar-refractivity contribution is -0.132. The van der Waals surface area contributed by atoms with E-state index >= 15 is 0 Å². The summed E-state index contributed by atoms with van der Waals surface area (Å²) >= 11 is 0. The predicted octanol–water partition coefficient (Wildman–Crippen LogP) is 6.26. The van der Waals surface area contributed by atoms with Gasteiger partial charge in [-0.2, -0.15) is 0 Å². The van der Waals surface area contributed by atoms with Crippen LogP contribution in [0.5, 0.6) is 11.5 Å². The van der Waals surface area contributed by atoms with Crippen molar-refractivity contribution in [3.05, 3.63) is 89.5 Å². The van der Waals surface area contributed by atoms with E-state index in [1.165, 1.54) is 33.1 Å². The van der Waals surface area contributed by atoms with Crippen molar-refractivity contribution < 1.29 is 23.9 Å². The predicted molar refractivity (Wildman–Crippen MR) is 145 cm³/mol. The Bertz CT molecular complexity index is 1270. The van der Waals surface area contributed by atoms with Gasteiger partial charge in [-0.3, -0.25) is 14.4 Å². The fourth-order valence-electron chi connectivity index (χ4n) is 6.40. The highest BCUT2D eigenvalue weighted by Gasteiger charge is 2.44. The van der Waals surface area contributed by atoms with Crippen LogP contribution in [0, 0.1) is 11.8 Å². The highest BCUT2D eigenvalue weighted by atomic mass is 16.5. The van der Waals surface area contributed by atoms with Crippen LogP contribution >= 0.6 is 0 Å². The van der Waals surface area contributed by atoms with Gasteiger partial charge in [0.15, 0.2) is 0 Å². The van der Waals surface area contributed by atoms with Crippen LogP contribution in [0.2, 0.25) is 0 Å². The van der Waals surface area contributed by atoms with Crippen LogP contribution in [0.25, 0.3) is 0 Å². The summed E-state index contributed by atoms with van der Waals surface area (Å²) in [6, 6.07) is 23.3. The molecule has 0 heterocycles. The zero-order chi connectivity index (χ0) is 26.8. The largest absolute Gasteiger partial charge is 0.427 e. The van der Waals surface area contributed by atoms with Gasteiger partial charge in [-0.25, -0.2) is 0 Å². The molecule has 3 aromatic carbocycles. The smallest absolute Gasteiger partial charge is 0.308 e. The van der Waals surface area contributed by atoms with E-state index in [-0.39, 0.29) is 29.8 Å². The molecule has 3 unspecified atom stereocenters. The van der Waals surface area contributed by atoms with E-state index in [0.29, 0.717) is 23.3 Å². The zero-order valence-electron chi connectivity index (χ0n) is 22.1. The number of hydrogen-bond donors (Lipinski definition) is 0. The van der Waals surface area contributed by atoms with Crippen molar-refractivity contribution in [3.63, 3.8) is 0 Å². The molecule has 1 amide bonds. The van der Waals surface area contributed by atoms with Crippen LogP contribution in [0.4, 0.5) is 5.69 Å². The van der Waals surface area contributed by atoms with E-state index in [1.807, 2.05) is 41.3 Å². The highest BCUT2D eigenvalue weighted by Crippen LogP contribution is 2.49. The van der Waals surface area contributed by atoms with Crippen molar-refractivity contribution in [2.24, 2.45) is 11.8 Å². The Hall–Kier alpha value is -3.93. The van der Waals surface area contributed by atoms with Crippen molar-refractivity contribution in [3.8, 4) is 11.5 Å². The summed E-state index contributed by atoms with van der Waals surface area (Å²) in [5.41, 5.74) is 3.93. The number of para-hydroxylation sites is 1. The Labute approximate surface area is 223 Å². The normalized spacial score (nSPS) is 19.8. The number of anilines is 1. The van der Waals surface area contributed by atoms with Crippen LogP contribution in [-0.4, -0.2) is 23.9 Å². The Kier molecular flexibility index (Phi) is 7.32. The van der Waals surface area contributed by atoms with Gasteiger partial charge in [0, 0.05) is 38.4 Å². The average Bonchev–Trinajstić information content (AvgIpc) is 3.50. The third-order valence-corrected chi connectivity index (χ3v) is 7.83. The molecule has 6 nitrogen and oxygen atoms in total. The van der Waals surface area contributed by atoms with Crippen molar-refractivity contribution >= 4 is 23.5 Å². The van der Waals surface area contributed by atoms with Crippen molar-refractivity contribution in [1.29, 1.82) is 0 Å². The van der Waals surface area contributed by atoms with Gasteiger partial charge in [0.2, 0.25) is 5.91 Å². The summed E-state index contributed by atoms with van der Waals surface area (Å²) in [5.74, 6) is 1.32. The fourth-order valence-corrected chi connectivity index (χ4v) is 6.40. The molecular formula is C32H33NO5. The quantitative estimate of drug-likeness (QED) is 0.213. The standard InChI is InChI=1S/C32H33NO5/c1-20(34)33(31-19-23-8-9-26(31)18-23)30-7-5-4-6-29(30)32(24-10-14-27(15-11-24)37-21(2)35)25-12-16-28(17-13-25)38-22(3)36/h4-7,10-17,23,26,31-32H,8-9,18-19H2,1-3H3.